The van der Waals surface area contributed by atoms with E-state index < -0.39 is 0 Å². The molecule has 0 radical (unpaired) electrons. The van der Waals surface area contributed by atoms with Gasteiger partial charge in [-0.25, -0.2) is 4.39 Å². The highest BCUT2D eigenvalue weighted by Crippen LogP contribution is 2.09. The van der Waals surface area contributed by atoms with Crippen molar-refractivity contribution in [3.8, 4) is 0 Å². The van der Waals surface area contributed by atoms with Crippen molar-refractivity contribution in [1.29, 1.82) is 0 Å². The molecule has 0 saturated heterocycles. The summed E-state index contributed by atoms with van der Waals surface area (Å²) in [5, 5.41) is 10.1. The summed E-state index contributed by atoms with van der Waals surface area (Å²) < 4.78 is 17.8. The predicted octanol–water partition coefficient (Wildman–Crippen LogP) is 2.09. The maximum absolute atomic E-state index is 12.7. The van der Waals surface area contributed by atoms with E-state index in [2.05, 4.69) is 15.5 Å². The third-order valence-electron chi connectivity index (χ3n) is 2.26. The van der Waals surface area contributed by atoms with Crippen LogP contribution < -0.4 is 5.32 Å². The zero-order valence-electron chi connectivity index (χ0n) is 9.81. The molecule has 0 saturated carbocycles. The number of benzene rings is 1. The first-order valence-electron chi connectivity index (χ1n) is 5.48. The monoisotopic (exact) mass is 249 g/mol. The van der Waals surface area contributed by atoms with Crippen LogP contribution in [0.1, 0.15) is 18.2 Å². The number of hydrogen-bond acceptors (Lipinski definition) is 4. The Balaban J connectivity index is 1.83. The maximum atomic E-state index is 12.7. The van der Waals surface area contributed by atoms with E-state index in [1.807, 2.05) is 0 Å². The van der Waals surface area contributed by atoms with Crippen LogP contribution in [-0.4, -0.2) is 16.1 Å². The minimum Gasteiger partial charge on any atom is -0.426 e. The molecule has 0 aliphatic rings. The van der Waals surface area contributed by atoms with Gasteiger partial charge in [-0.15, -0.1) is 10.2 Å². The van der Waals surface area contributed by atoms with Gasteiger partial charge in [-0.3, -0.25) is 4.79 Å². The topological polar surface area (TPSA) is 68.0 Å². The highest BCUT2D eigenvalue weighted by Gasteiger charge is 2.07. The number of carbonyl (C=O) groups excluding carboxylic acids is 1. The van der Waals surface area contributed by atoms with Gasteiger partial charge >= 0.3 is 0 Å². The molecule has 6 heteroatoms. The van der Waals surface area contributed by atoms with Gasteiger partial charge in [-0.05, 0) is 24.3 Å². The van der Waals surface area contributed by atoms with E-state index in [-0.39, 0.29) is 18.1 Å². The Morgan fingerprint density at radius 3 is 2.67 bits per heavy atom. The van der Waals surface area contributed by atoms with Crippen molar-refractivity contribution < 1.29 is 13.6 Å². The van der Waals surface area contributed by atoms with E-state index in [0.717, 1.165) is 0 Å². The number of halogens is 1. The standard InChI is InChI=1S/C12H12FN3O2/c1-8-15-16-12(18-8)7-6-11(17)14-10-4-2-9(13)3-5-10/h2-5H,6-7H2,1H3,(H,14,17). The molecule has 2 rings (SSSR count). The normalized spacial score (nSPS) is 10.3. The van der Waals surface area contributed by atoms with Crippen molar-refractivity contribution in [2.75, 3.05) is 5.32 Å². The third kappa shape index (κ3) is 3.38. The van der Waals surface area contributed by atoms with Gasteiger partial charge in [0.2, 0.25) is 17.7 Å². The lowest BCUT2D eigenvalue weighted by Gasteiger charge is -2.03. The first-order chi connectivity index (χ1) is 8.63. The van der Waals surface area contributed by atoms with Crippen molar-refractivity contribution in [3.63, 3.8) is 0 Å². The molecule has 0 spiro atoms. The van der Waals surface area contributed by atoms with Crippen LogP contribution in [-0.2, 0) is 11.2 Å². The molecule has 2 aromatic rings. The quantitative estimate of drug-likeness (QED) is 0.900. The van der Waals surface area contributed by atoms with Gasteiger partial charge in [0.05, 0.1) is 0 Å². The van der Waals surface area contributed by atoms with Crippen molar-refractivity contribution in [2.45, 2.75) is 19.8 Å². The second-order valence-electron chi connectivity index (χ2n) is 3.77. The zero-order valence-corrected chi connectivity index (χ0v) is 9.81. The van der Waals surface area contributed by atoms with Crippen LogP contribution in [0.15, 0.2) is 28.7 Å². The van der Waals surface area contributed by atoms with E-state index in [1.54, 1.807) is 6.92 Å². The van der Waals surface area contributed by atoms with Gasteiger partial charge in [-0.1, -0.05) is 0 Å². The van der Waals surface area contributed by atoms with Crippen LogP contribution >= 0.6 is 0 Å². The first-order valence-corrected chi connectivity index (χ1v) is 5.48. The molecule has 0 atom stereocenters. The second-order valence-corrected chi connectivity index (χ2v) is 3.77. The number of hydrogen-bond donors (Lipinski definition) is 1. The van der Waals surface area contributed by atoms with Gasteiger partial charge < -0.3 is 9.73 Å². The fourth-order valence-corrected chi connectivity index (χ4v) is 1.42. The molecule has 1 aromatic carbocycles. The minimum atomic E-state index is -0.339. The molecule has 18 heavy (non-hydrogen) atoms. The molecule has 5 nitrogen and oxygen atoms in total. The Hall–Kier alpha value is -2.24. The van der Waals surface area contributed by atoms with E-state index in [0.29, 0.717) is 23.9 Å². The van der Waals surface area contributed by atoms with Crippen LogP contribution in [0.2, 0.25) is 0 Å². The van der Waals surface area contributed by atoms with Gasteiger partial charge in [-0.2, -0.15) is 0 Å². The summed E-state index contributed by atoms with van der Waals surface area (Å²) in [6.45, 7) is 1.69. The zero-order chi connectivity index (χ0) is 13.0. The van der Waals surface area contributed by atoms with Crippen molar-refractivity contribution in [3.05, 3.63) is 41.9 Å². The van der Waals surface area contributed by atoms with E-state index in [4.69, 9.17) is 4.42 Å². The number of aromatic nitrogens is 2. The lowest BCUT2D eigenvalue weighted by molar-refractivity contribution is -0.116. The number of aryl methyl sites for hydroxylation is 2. The number of rotatable bonds is 4. The molecule has 0 bridgehead atoms. The molecular formula is C12H12FN3O2. The molecule has 1 amide bonds. The fourth-order valence-electron chi connectivity index (χ4n) is 1.42. The Labute approximate surface area is 103 Å². The van der Waals surface area contributed by atoms with Crippen molar-refractivity contribution >= 4 is 11.6 Å². The van der Waals surface area contributed by atoms with E-state index in [9.17, 15) is 9.18 Å². The lowest BCUT2D eigenvalue weighted by Crippen LogP contribution is -2.12. The van der Waals surface area contributed by atoms with Gasteiger partial charge in [0.15, 0.2) is 0 Å². The molecule has 0 fully saturated rings. The van der Waals surface area contributed by atoms with Crippen LogP contribution in [0.4, 0.5) is 10.1 Å². The smallest absolute Gasteiger partial charge is 0.224 e. The Kier molecular flexibility index (Phi) is 3.66. The Morgan fingerprint density at radius 2 is 2.06 bits per heavy atom. The van der Waals surface area contributed by atoms with Crippen LogP contribution in [0.3, 0.4) is 0 Å². The molecule has 1 heterocycles. The SMILES string of the molecule is Cc1nnc(CCC(=O)Nc2ccc(F)cc2)o1. The summed E-state index contributed by atoms with van der Waals surface area (Å²) in [7, 11) is 0. The second kappa shape index (κ2) is 5.39. The lowest BCUT2D eigenvalue weighted by atomic mass is 10.2. The molecular weight excluding hydrogens is 237 g/mol. The summed E-state index contributed by atoms with van der Waals surface area (Å²) in [5.41, 5.74) is 0.558. The predicted molar refractivity (Wildman–Crippen MR) is 62.4 cm³/mol. The van der Waals surface area contributed by atoms with E-state index >= 15 is 0 Å². The number of nitrogens with one attached hydrogen (secondary N) is 1. The summed E-state index contributed by atoms with van der Waals surface area (Å²) in [4.78, 5) is 11.6. The van der Waals surface area contributed by atoms with Crippen LogP contribution in [0.5, 0.6) is 0 Å². The summed E-state index contributed by atoms with van der Waals surface area (Å²) in [5.74, 6) is 0.387. The molecule has 1 N–H and O–H groups in total. The fraction of sp³-hybridized carbons (Fsp3) is 0.250. The molecule has 1 aromatic heterocycles. The first kappa shape index (κ1) is 12.2. The average molecular weight is 249 g/mol. The highest BCUT2D eigenvalue weighted by atomic mass is 19.1. The third-order valence-corrected chi connectivity index (χ3v) is 2.26. The van der Waals surface area contributed by atoms with Gasteiger partial charge in [0.1, 0.15) is 5.82 Å². The van der Waals surface area contributed by atoms with Gasteiger partial charge in [0, 0.05) is 25.5 Å². The Bertz CT molecular complexity index is 537. The number of nitrogens with zero attached hydrogens (tertiary/aromatic N) is 2. The number of carbonyl (C=O) groups is 1. The largest absolute Gasteiger partial charge is 0.426 e. The maximum Gasteiger partial charge on any atom is 0.224 e. The summed E-state index contributed by atoms with van der Waals surface area (Å²) in [6.07, 6.45) is 0.618. The van der Waals surface area contributed by atoms with Crippen LogP contribution in [0, 0.1) is 12.7 Å². The van der Waals surface area contributed by atoms with Crippen molar-refractivity contribution in [2.24, 2.45) is 0 Å². The molecule has 0 aliphatic heterocycles. The number of anilines is 1. The van der Waals surface area contributed by atoms with Crippen LogP contribution in [0.25, 0.3) is 0 Å². The summed E-state index contributed by atoms with van der Waals surface area (Å²) in [6, 6.07) is 5.59. The Morgan fingerprint density at radius 1 is 1.33 bits per heavy atom. The van der Waals surface area contributed by atoms with Crippen molar-refractivity contribution in [1.82, 2.24) is 10.2 Å². The number of amides is 1. The minimum absolute atomic E-state index is 0.183. The van der Waals surface area contributed by atoms with Gasteiger partial charge in [0.25, 0.3) is 0 Å². The molecule has 0 aliphatic carbocycles. The van der Waals surface area contributed by atoms with E-state index in [1.165, 1.54) is 24.3 Å². The molecule has 0 unspecified atom stereocenters. The molecule has 94 valence electrons. The summed E-state index contributed by atoms with van der Waals surface area (Å²) >= 11 is 0. The highest BCUT2D eigenvalue weighted by molar-refractivity contribution is 5.90. The average Bonchev–Trinajstić information content (AvgIpc) is 2.76.